The molecule has 0 aliphatic rings. The van der Waals surface area contributed by atoms with Crippen LogP contribution in [0, 0.1) is 5.82 Å². The number of amides is 2. The highest BCUT2D eigenvalue weighted by Crippen LogP contribution is 2.28. The number of methoxy groups -OCH3 is 1. The molecule has 0 spiro atoms. The van der Waals surface area contributed by atoms with E-state index in [1.54, 1.807) is 41.3 Å². The Morgan fingerprint density at radius 1 is 0.970 bits per heavy atom. The number of nitrogens with zero attached hydrogens (tertiary/aromatic N) is 3. The lowest BCUT2D eigenvalue weighted by Gasteiger charge is -2.13. The Morgan fingerprint density at radius 2 is 1.76 bits per heavy atom. The molecule has 2 N–H and O–H groups in total. The van der Waals surface area contributed by atoms with E-state index in [1.807, 2.05) is 12.1 Å². The summed E-state index contributed by atoms with van der Waals surface area (Å²) in [5, 5.41) is 9.55. The lowest BCUT2D eigenvalue weighted by atomic mass is 10.1. The number of hydrogen-bond acceptors (Lipinski definition) is 5. The number of benzene rings is 3. The first kappa shape index (κ1) is 21.7. The summed E-state index contributed by atoms with van der Waals surface area (Å²) in [5.41, 5.74) is 2.41. The van der Waals surface area contributed by atoms with Gasteiger partial charge in [-0.25, -0.2) is 14.1 Å². The molecule has 0 atom stereocenters. The summed E-state index contributed by atoms with van der Waals surface area (Å²) >= 11 is 0. The first-order chi connectivity index (χ1) is 16.0. The number of hydrogen-bond donors (Lipinski definition) is 2. The van der Waals surface area contributed by atoms with Gasteiger partial charge in [0.25, 0.3) is 11.8 Å². The first-order valence-corrected chi connectivity index (χ1v) is 9.99. The summed E-state index contributed by atoms with van der Waals surface area (Å²) in [6, 6.07) is 17.3. The molecule has 166 valence electrons. The quantitative estimate of drug-likeness (QED) is 0.448. The average molecular weight is 445 g/mol. The maximum Gasteiger partial charge on any atom is 0.255 e. The zero-order valence-corrected chi connectivity index (χ0v) is 17.7. The van der Waals surface area contributed by atoms with Gasteiger partial charge < -0.3 is 15.4 Å². The standard InChI is InChI=1S/C24H20FN5O3/c1-33-22-10-9-20(12-21(22)29-24(32)18-3-2-4-19(25)11-18)28-23(31)17-7-5-16(6-8-17)13-30-15-26-14-27-30/h2-12,14-15H,13H2,1H3,(H,28,31)(H,29,32). The van der Waals surface area contributed by atoms with Gasteiger partial charge in [0.1, 0.15) is 24.2 Å². The van der Waals surface area contributed by atoms with Crippen molar-refractivity contribution in [3.8, 4) is 5.75 Å². The van der Waals surface area contributed by atoms with E-state index in [4.69, 9.17) is 4.74 Å². The summed E-state index contributed by atoms with van der Waals surface area (Å²) in [4.78, 5) is 29.1. The lowest BCUT2D eigenvalue weighted by molar-refractivity contribution is 0.101. The predicted molar refractivity (Wildman–Crippen MR) is 121 cm³/mol. The topological polar surface area (TPSA) is 98.1 Å². The van der Waals surface area contributed by atoms with Gasteiger partial charge in [0.05, 0.1) is 19.3 Å². The first-order valence-electron chi connectivity index (χ1n) is 9.99. The molecule has 4 aromatic rings. The molecule has 2 amide bonds. The number of carbonyl (C=O) groups excluding carboxylic acids is 2. The second-order valence-electron chi connectivity index (χ2n) is 7.12. The second-order valence-corrected chi connectivity index (χ2v) is 7.12. The molecule has 33 heavy (non-hydrogen) atoms. The molecule has 1 heterocycles. The van der Waals surface area contributed by atoms with Crippen LogP contribution in [0.4, 0.5) is 15.8 Å². The molecular weight excluding hydrogens is 425 g/mol. The highest BCUT2D eigenvalue weighted by atomic mass is 19.1. The van der Waals surface area contributed by atoms with Crippen LogP contribution in [0.3, 0.4) is 0 Å². The van der Waals surface area contributed by atoms with Gasteiger partial charge in [-0.05, 0) is 54.1 Å². The molecular formula is C24H20FN5O3. The molecule has 0 saturated heterocycles. The van der Waals surface area contributed by atoms with Gasteiger partial charge in [0.15, 0.2) is 0 Å². The van der Waals surface area contributed by atoms with Crippen LogP contribution < -0.4 is 15.4 Å². The van der Waals surface area contributed by atoms with Crippen molar-refractivity contribution in [3.63, 3.8) is 0 Å². The van der Waals surface area contributed by atoms with Gasteiger partial charge in [0.2, 0.25) is 0 Å². The van der Waals surface area contributed by atoms with Crippen molar-refractivity contribution in [1.82, 2.24) is 14.8 Å². The number of aromatic nitrogens is 3. The molecule has 4 rings (SSSR count). The summed E-state index contributed by atoms with van der Waals surface area (Å²) in [7, 11) is 1.46. The molecule has 3 aromatic carbocycles. The zero-order chi connectivity index (χ0) is 23.2. The molecule has 0 aliphatic carbocycles. The van der Waals surface area contributed by atoms with Crippen molar-refractivity contribution in [3.05, 3.63) is 102 Å². The Bertz CT molecular complexity index is 1270. The predicted octanol–water partition coefficient (Wildman–Crippen LogP) is 3.98. The SMILES string of the molecule is COc1ccc(NC(=O)c2ccc(Cn3cncn3)cc2)cc1NC(=O)c1cccc(F)c1. The Kier molecular flexibility index (Phi) is 6.40. The maximum absolute atomic E-state index is 13.4. The average Bonchev–Trinajstić information content (AvgIpc) is 3.33. The van der Waals surface area contributed by atoms with Crippen molar-refractivity contribution in [2.75, 3.05) is 17.7 Å². The smallest absolute Gasteiger partial charge is 0.255 e. The van der Waals surface area contributed by atoms with E-state index >= 15 is 0 Å². The molecule has 0 aliphatic heterocycles. The highest BCUT2D eigenvalue weighted by molar-refractivity contribution is 6.07. The van der Waals surface area contributed by atoms with Gasteiger partial charge in [-0.2, -0.15) is 5.10 Å². The molecule has 0 bridgehead atoms. The highest BCUT2D eigenvalue weighted by Gasteiger charge is 2.13. The van der Waals surface area contributed by atoms with Crippen LogP contribution in [0.2, 0.25) is 0 Å². The number of carbonyl (C=O) groups is 2. The second kappa shape index (κ2) is 9.73. The normalized spacial score (nSPS) is 10.5. The number of rotatable bonds is 7. The fourth-order valence-corrected chi connectivity index (χ4v) is 3.17. The Labute approximate surface area is 189 Å². The summed E-state index contributed by atoms with van der Waals surface area (Å²) in [5.74, 6) is -0.924. The van der Waals surface area contributed by atoms with E-state index < -0.39 is 11.7 Å². The minimum Gasteiger partial charge on any atom is -0.495 e. The fourth-order valence-electron chi connectivity index (χ4n) is 3.17. The van der Waals surface area contributed by atoms with Crippen molar-refractivity contribution in [2.24, 2.45) is 0 Å². The number of nitrogens with one attached hydrogen (secondary N) is 2. The third kappa shape index (κ3) is 5.40. The van der Waals surface area contributed by atoms with E-state index in [1.165, 1.54) is 31.6 Å². The van der Waals surface area contributed by atoms with E-state index in [9.17, 15) is 14.0 Å². The van der Waals surface area contributed by atoms with Gasteiger partial charge in [-0.1, -0.05) is 18.2 Å². The number of halogens is 1. The third-order valence-electron chi connectivity index (χ3n) is 4.82. The van der Waals surface area contributed by atoms with Crippen molar-refractivity contribution in [2.45, 2.75) is 6.54 Å². The summed E-state index contributed by atoms with van der Waals surface area (Å²) in [6.07, 6.45) is 3.08. The van der Waals surface area contributed by atoms with E-state index in [2.05, 4.69) is 20.7 Å². The van der Waals surface area contributed by atoms with E-state index in [-0.39, 0.29) is 11.5 Å². The van der Waals surface area contributed by atoms with Crippen LogP contribution in [-0.2, 0) is 6.54 Å². The fraction of sp³-hybridized carbons (Fsp3) is 0.0833. The summed E-state index contributed by atoms with van der Waals surface area (Å²) < 4.78 is 20.4. The van der Waals surface area contributed by atoms with Crippen LogP contribution >= 0.6 is 0 Å². The van der Waals surface area contributed by atoms with Gasteiger partial charge in [-0.15, -0.1) is 0 Å². The van der Waals surface area contributed by atoms with Crippen LogP contribution in [-0.4, -0.2) is 33.7 Å². The van der Waals surface area contributed by atoms with Gasteiger partial charge in [0, 0.05) is 16.8 Å². The molecule has 1 aromatic heterocycles. The molecule has 0 unspecified atom stereocenters. The van der Waals surface area contributed by atoms with E-state index in [0.29, 0.717) is 29.2 Å². The Balaban J connectivity index is 1.46. The molecule has 0 saturated carbocycles. The Hall–Kier alpha value is -4.53. The lowest BCUT2D eigenvalue weighted by Crippen LogP contribution is -2.15. The number of ether oxygens (including phenoxy) is 1. The van der Waals surface area contributed by atoms with Crippen LogP contribution in [0.1, 0.15) is 26.3 Å². The molecule has 9 heteroatoms. The minimum atomic E-state index is -0.511. The van der Waals surface area contributed by atoms with Crippen molar-refractivity contribution in [1.29, 1.82) is 0 Å². The zero-order valence-electron chi connectivity index (χ0n) is 17.7. The monoisotopic (exact) mass is 445 g/mol. The number of anilines is 2. The van der Waals surface area contributed by atoms with Crippen LogP contribution in [0.15, 0.2) is 79.4 Å². The summed E-state index contributed by atoms with van der Waals surface area (Å²) in [6.45, 7) is 0.550. The third-order valence-corrected chi connectivity index (χ3v) is 4.82. The van der Waals surface area contributed by atoms with Crippen LogP contribution in [0.25, 0.3) is 0 Å². The van der Waals surface area contributed by atoms with Crippen molar-refractivity contribution < 1.29 is 18.7 Å². The van der Waals surface area contributed by atoms with Gasteiger partial charge in [-0.3, -0.25) is 9.59 Å². The molecule has 0 fully saturated rings. The van der Waals surface area contributed by atoms with Gasteiger partial charge >= 0.3 is 0 Å². The molecule has 8 nitrogen and oxygen atoms in total. The largest absolute Gasteiger partial charge is 0.495 e. The van der Waals surface area contributed by atoms with Crippen molar-refractivity contribution >= 4 is 23.2 Å². The maximum atomic E-state index is 13.4. The minimum absolute atomic E-state index is 0.164. The van der Waals surface area contributed by atoms with Crippen LogP contribution in [0.5, 0.6) is 5.75 Å². The van der Waals surface area contributed by atoms with E-state index in [0.717, 1.165) is 11.6 Å². The molecule has 0 radical (unpaired) electrons. The Morgan fingerprint density at radius 3 is 2.45 bits per heavy atom.